The van der Waals surface area contributed by atoms with Gasteiger partial charge in [0.25, 0.3) is 0 Å². The lowest BCUT2D eigenvalue weighted by Crippen LogP contribution is -2.24. The average Bonchev–Trinajstić information content (AvgIpc) is 2.73. The van der Waals surface area contributed by atoms with E-state index in [1.54, 1.807) is 0 Å². The predicted molar refractivity (Wildman–Crippen MR) is 106 cm³/mol. The summed E-state index contributed by atoms with van der Waals surface area (Å²) in [5, 5.41) is 0. The van der Waals surface area contributed by atoms with E-state index in [1.807, 2.05) is 48.5 Å². The lowest BCUT2D eigenvalue weighted by molar-refractivity contribution is 0.00301. The molecule has 1 unspecified atom stereocenters. The van der Waals surface area contributed by atoms with E-state index in [4.69, 9.17) is 28.4 Å². The fourth-order valence-electron chi connectivity index (χ4n) is 2.73. The molecule has 0 bridgehead atoms. The van der Waals surface area contributed by atoms with Crippen molar-refractivity contribution in [3.63, 3.8) is 0 Å². The first-order valence-electron chi connectivity index (χ1n) is 9.75. The van der Waals surface area contributed by atoms with E-state index in [-0.39, 0.29) is 6.10 Å². The Morgan fingerprint density at radius 1 is 0.643 bits per heavy atom. The number of hydrogen-bond acceptors (Lipinski definition) is 6. The van der Waals surface area contributed by atoms with Gasteiger partial charge in [-0.15, -0.1) is 0 Å². The van der Waals surface area contributed by atoms with Crippen LogP contribution in [0.15, 0.2) is 48.5 Å². The minimum atomic E-state index is -0.0228. The van der Waals surface area contributed by atoms with Gasteiger partial charge in [0.05, 0.1) is 25.9 Å². The number of fused-ring (bicyclic) bond motifs is 2. The molecule has 6 heteroatoms. The Kier molecular flexibility index (Phi) is 8.27. The van der Waals surface area contributed by atoms with Crippen LogP contribution in [0.25, 0.3) is 0 Å². The normalized spacial score (nSPS) is 19.2. The van der Waals surface area contributed by atoms with E-state index in [9.17, 15) is 0 Å². The standard InChI is InChI=1S/C22H28O6/c1-2-18-17-28-22-10-6-5-9-21(22)26-14-12-23-11-13-25-19-7-3-4-8-20(19)27-16-15-24-18/h3-10,18H,2,11-17H2,1H3. The molecule has 1 heterocycles. The number of ether oxygens (including phenoxy) is 6. The highest BCUT2D eigenvalue weighted by Crippen LogP contribution is 2.27. The maximum Gasteiger partial charge on any atom is 0.161 e. The number of benzene rings is 2. The molecule has 0 fully saturated rings. The van der Waals surface area contributed by atoms with Gasteiger partial charge in [-0.1, -0.05) is 31.2 Å². The van der Waals surface area contributed by atoms with E-state index in [0.29, 0.717) is 69.2 Å². The third-order valence-corrected chi connectivity index (χ3v) is 4.24. The van der Waals surface area contributed by atoms with Gasteiger partial charge in [-0.2, -0.15) is 0 Å². The zero-order valence-corrected chi connectivity index (χ0v) is 16.3. The van der Waals surface area contributed by atoms with Crippen molar-refractivity contribution in [2.75, 3.05) is 46.2 Å². The summed E-state index contributed by atoms with van der Waals surface area (Å²) in [4.78, 5) is 0. The van der Waals surface area contributed by atoms with Crippen LogP contribution in [-0.4, -0.2) is 52.4 Å². The molecule has 28 heavy (non-hydrogen) atoms. The molecule has 0 spiro atoms. The molecule has 0 radical (unpaired) electrons. The summed E-state index contributed by atoms with van der Waals surface area (Å²) in [5.41, 5.74) is 0. The molecule has 1 aliphatic heterocycles. The maximum absolute atomic E-state index is 5.94. The molecular weight excluding hydrogens is 360 g/mol. The summed E-state index contributed by atoms with van der Waals surface area (Å²) in [6.45, 7) is 5.25. The van der Waals surface area contributed by atoms with E-state index < -0.39 is 0 Å². The topological polar surface area (TPSA) is 55.4 Å². The van der Waals surface area contributed by atoms with E-state index in [1.165, 1.54) is 0 Å². The summed E-state index contributed by atoms with van der Waals surface area (Å²) < 4.78 is 34.9. The minimum absolute atomic E-state index is 0.0228. The van der Waals surface area contributed by atoms with Crippen LogP contribution in [0.4, 0.5) is 0 Å². The highest BCUT2D eigenvalue weighted by Gasteiger charge is 2.12. The van der Waals surface area contributed by atoms with Crippen LogP contribution in [0.5, 0.6) is 23.0 Å². The molecule has 3 rings (SSSR count). The summed E-state index contributed by atoms with van der Waals surface area (Å²) in [5.74, 6) is 2.82. The lowest BCUT2D eigenvalue weighted by atomic mass is 10.3. The van der Waals surface area contributed by atoms with Gasteiger partial charge in [0.2, 0.25) is 0 Å². The first-order chi connectivity index (χ1) is 13.9. The van der Waals surface area contributed by atoms with Gasteiger partial charge in [-0.05, 0) is 30.7 Å². The fraction of sp³-hybridized carbons (Fsp3) is 0.455. The summed E-state index contributed by atoms with van der Waals surface area (Å²) in [7, 11) is 0. The Labute approximate surface area is 166 Å². The van der Waals surface area contributed by atoms with Gasteiger partial charge in [0.15, 0.2) is 23.0 Å². The lowest BCUT2D eigenvalue weighted by Gasteiger charge is -2.19. The van der Waals surface area contributed by atoms with Crippen molar-refractivity contribution < 1.29 is 28.4 Å². The van der Waals surface area contributed by atoms with Crippen LogP contribution in [0.1, 0.15) is 13.3 Å². The molecule has 0 aliphatic carbocycles. The Balaban J connectivity index is 1.63. The Hall–Kier alpha value is -2.44. The molecule has 0 aromatic heterocycles. The zero-order valence-electron chi connectivity index (χ0n) is 16.3. The second-order valence-corrected chi connectivity index (χ2v) is 6.26. The molecular formula is C22H28O6. The third kappa shape index (κ3) is 6.32. The highest BCUT2D eigenvalue weighted by atomic mass is 16.6. The van der Waals surface area contributed by atoms with Crippen LogP contribution >= 0.6 is 0 Å². The molecule has 0 saturated carbocycles. The fourth-order valence-corrected chi connectivity index (χ4v) is 2.73. The largest absolute Gasteiger partial charge is 0.487 e. The smallest absolute Gasteiger partial charge is 0.161 e. The Bertz CT molecular complexity index is 705. The van der Waals surface area contributed by atoms with Gasteiger partial charge in [0.1, 0.15) is 26.4 Å². The van der Waals surface area contributed by atoms with Gasteiger partial charge >= 0.3 is 0 Å². The Morgan fingerprint density at radius 3 is 1.61 bits per heavy atom. The van der Waals surface area contributed by atoms with Crippen molar-refractivity contribution in [2.24, 2.45) is 0 Å². The SMILES string of the molecule is CCC1COc2ccccc2OCCOCCOc2ccccc2OCCO1. The molecule has 152 valence electrons. The van der Waals surface area contributed by atoms with Gasteiger partial charge in [-0.25, -0.2) is 0 Å². The predicted octanol–water partition coefficient (Wildman–Crippen LogP) is 3.73. The second-order valence-electron chi connectivity index (χ2n) is 6.26. The van der Waals surface area contributed by atoms with Crippen LogP contribution < -0.4 is 18.9 Å². The van der Waals surface area contributed by atoms with Gasteiger partial charge in [0, 0.05) is 0 Å². The monoisotopic (exact) mass is 388 g/mol. The summed E-state index contributed by atoms with van der Waals surface area (Å²) in [6.07, 6.45) is 0.821. The van der Waals surface area contributed by atoms with Crippen molar-refractivity contribution >= 4 is 0 Å². The van der Waals surface area contributed by atoms with Crippen molar-refractivity contribution in [1.29, 1.82) is 0 Å². The molecule has 0 saturated heterocycles. The van der Waals surface area contributed by atoms with E-state index >= 15 is 0 Å². The van der Waals surface area contributed by atoms with Crippen molar-refractivity contribution in [3.8, 4) is 23.0 Å². The van der Waals surface area contributed by atoms with Gasteiger partial charge < -0.3 is 28.4 Å². The van der Waals surface area contributed by atoms with Crippen LogP contribution in [-0.2, 0) is 9.47 Å². The number of hydrogen-bond donors (Lipinski definition) is 0. The first-order valence-corrected chi connectivity index (χ1v) is 9.75. The zero-order chi connectivity index (χ0) is 19.4. The maximum atomic E-state index is 5.94. The third-order valence-electron chi connectivity index (χ3n) is 4.24. The van der Waals surface area contributed by atoms with Gasteiger partial charge in [-0.3, -0.25) is 0 Å². The number of rotatable bonds is 1. The summed E-state index contributed by atoms with van der Waals surface area (Å²) in [6, 6.07) is 15.3. The van der Waals surface area contributed by atoms with Crippen LogP contribution in [0, 0.1) is 0 Å². The minimum Gasteiger partial charge on any atom is -0.487 e. The molecule has 6 nitrogen and oxygen atoms in total. The Morgan fingerprint density at radius 2 is 1.11 bits per heavy atom. The van der Waals surface area contributed by atoms with Crippen molar-refractivity contribution in [2.45, 2.75) is 19.4 Å². The van der Waals surface area contributed by atoms with Crippen LogP contribution in [0.2, 0.25) is 0 Å². The number of para-hydroxylation sites is 4. The molecule has 0 amide bonds. The average molecular weight is 388 g/mol. The molecule has 0 N–H and O–H groups in total. The summed E-state index contributed by atoms with van der Waals surface area (Å²) >= 11 is 0. The van der Waals surface area contributed by atoms with Crippen molar-refractivity contribution in [1.82, 2.24) is 0 Å². The first kappa shape index (κ1) is 20.3. The molecule has 1 aliphatic rings. The molecule has 1 atom stereocenters. The van der Waals surface area contributed by atoms with Crippen LogP contribution in [0.3, 0.4) is 0 Å². The second kappa shape index (κ2) is 11.4. The highest BCUT2D eigenvalue weighted by molar-refractivity contribution is 5.40. The molecule has 2 aromatic rings. The molecule has 2 aromatic carbocycles. The van der Waals surface area contributed by atoms with Crippen molar-refractivity contribution in [3.05, 3.63) is 48.5 Å². The van der Waals surface area contributed by atoms with E-state index in [0.717, 1.165) is 6.42 Å². The van der Waals surface area contributed by atoms with E-state index in [2.05, 4.69) is 6.92 Å². The quantitative estimate of drug-likeness (QED) is 0.742.